The average Bonchev–Trinajstić information content (AvgIpc) is 3.05. The Balaban J connectivity index is 1.91. The van der Waals surface area contributed by atoms with Crippen LogP contribution in [0.25, 0.3) is 0 Å². The van der Waals surface area contributed by atoms with Crippen LogP contribution in [0.3, 0.4) is 0 Å². The summed E-state index contributed by atoms with van der Waals surface area (Å²) < 4.78 is 13.9. The van der Waals surface area contributed by atoms with Gasteiger partial charge in [0.25, 0.3) is 0 Å². The van der Waals surface area contributed by atoms with Gasteiger partial charge in [0.05, 0.1) is 4.47 Å². The summed E-state index contributed by atoms with van der Waals surface area (Å²) in [6, 6.07) is 4.72. The highest BCUT2D eigenvalue weighted by Crippen LogP contribution is 2.46. The van der Waals surface area contributed by atoms with E-state index < -0.39 is 0 Å². The van der Waals surface area contributed by atoms with Gasteiger partial charge in [-0.3, -0.25) is 9.59 Å². The maximum absolute atomic E-state index is 13.5. The standard InChI is InChI=1S/C17H13BrFNO2/c18-9-7-8(1-2-10(9)19)15-16-11(3-5-13(16)21)20-12-4-6-14(22)17(12)15/h1-2,7,15,20H,3-6H2. The molecule has 0 saturated carbocycles. The predicted molar refractivity (Wildman–Crippen MR) is 82.5 cm³/mol. The van der Waals surface area contributed by atoms with Crippen molar-refractivity contribution in [2.75, 3.05) is 0 Å². The smallest absolute Gasteiger partial charge is 0.161 e. The number of ketones is 2. The first-order valence-electron chi connectivity index (χ1n) is 7.30. The molecule has 0 radical (unpaired) electrons. The van der Waals surface area contributed by atoms with Crippen molar-refractivity contribution in [3.05, 3.63) is 56.6 Å². The molecule has 0 amide bonds. The van der Waals surface area contributed by atoms with E-state index in [0.29, 0.717) is 41.3 Å². The van der Waals surface area contributed by atoms with E-state index in [-0.39, 0.29) is 23.3 Å². The molecule has 3 aliphatic rings. The van der Waals surface area contributed by atoms with Crippen LogP contribution in [0.15, 0.2) is 45.2 Å². The third kappa shape index (κ3) is 1.92. The number of dihydropyridines is 1. The van der Waals surface area contributed by atoms with Gasteiger partial charge in [0.15, 0.2) is 11.6 Å². The minimum Gasteiger partial charge on any atom is -0.362 e. The van der Waals surface area contributed by atoms with Gasteiger partial charge >= 0.3 is 0 Å². The summed E-state index contributed by atoms with van der Waals surface area (Å²) in [6.45, 7) is 0. The van der Waals surface area contributed by atoms with Crippen molar-refractivity contribution in [3.63, 3.8) is 0 Å². The Morgan fingerprint density at radius 2 is 1.59 bits per heavy atom. The number of Topliss-reactive ketones (excluding diaryl/α,β-unsaturated/α-hetero) is 2. The second-order valence-electron chi connectivity index (χ2n) is 5.86. The molecule has 5 heteroatoms. The molecule has 1 N–H and O–H groups in total. The number of benzene rings is 1. The van der Waals surface area contributed by atoms with Crippen LogP contribution in [-0.4, -0.2) is 11.6 Å². The maximum atomic E-state index is 13.5. The van der Waals surface area contributed by atoms with Crippen LogP contribution in [0.5, 0.6) is 0 Å². The van der Waals surface area contributed by atoms with Crippen LogP contribution in [-0.2, 0) is 9.59 Å². The molecule has 1 aliphatic heterocycles. The molecule has 2 aliphatic carbocycles. The molecule has 112 valence electrons. The monoisotopic (exact) mass is 361 g/mol. The van der Waals surface area contributed by atoms with E-state index in [2.05, 4.69) is 21.2 Å². The second-order valence-corrected chi connectivity index (χ2v) is 6.72. The molecule has 0 unspecified atom stereocenters. The number of allylic oxidation sites excluding steroid dienone is 4. The molecular formula is C17H13BrFNO2. The van der Waals surface area contributed by atoms with Crippen LogP contribution in [0, 0.1) is 5.82 Å². The summed E-state index contributed by atoms with van der Waals surface area (Å²) in [7, 11) is 0. The van der Waals surface area contributed by atoms with Crippen molar-refractivity contribution >= 4 is 27.5 Å². The van der Waals surface area contributed by atoms with E-state index in [1.54, 1.807) is 12.1 Å². The Morgan fingerprint density at radius 3 is 2.14 bits per heavy atom. The van der Waals surface area contributed by atoms with Crippen LogP contribution >= 0.6 is 15.9 Å². The summed E-state index contributed by atoms with van der Waals surface area (Å²) in [5.41, 5.74) is 4.04. The SMILES string of the molecule is O=C1CCC2=C1C(c1ccc(F)c(Br)c1)C1=C(CCC1=O)N2. The van der Waals surface area contributed by atoms with Gasteiger partial charge in [0, 0.05) is 41.3 Å². The summed E-state index contributed by atoms with van der Waals surface area (Å²) in [5.74, 6) is -0.539. The highest BCUT2D eigenvalue weighted by atomic mass is 79.9. The van der Waals surface area contributed by atoms with E-state index in [4.69, 9.17) is 0 Å². The number of halogens is 2. The normalized spacial score (nSPS) is 21.4. The van der Waals surface area contributed by atoms with E-state index in [9.17, 15) is 14.0 Å². The zero-order valence-electron chi connectivity index (χ0n) is 11.7. The van der Waals surface area contributed by atoms with Gasteiger partial charge in [-0.05, 0) is 46.5 Å². The van der Waals surface area contributed by atoms with E-state index >= 15 is 0 Å². The molecule has 4 rings (SSSR count). The van der Waals surface area contributed by atoms with Crippen molar-refractivity contribution in [1.82, 2.24) is 5.32 Å². The molecule has 1 aromatic rings. The molecule has 0 aromatic heterocycles. The van der Waals surface area contributed by atoms with Gasteiger partial charge < -0.3 is 5.32 Å². The Hall–Kier alpha value is -1.75. The lowest BCUT2D eigenvalue weighted by Gasteiger charge is -2.27. The maximum Gasteiger partial charge on any atom is 0.161 e. The second kappa shape index (κ2) is 4.88. The number of carbonyl (C=O) groups excluding carboxylic acids is 2. The largest absolute Gasteiger partial charge is 0.362 e. The Kier molecular flexibility index (Phi) is 3.08. The van der Waals surface area contributed by atoms with Crippen LogP contribution in [0.4, 0.5) is 4.39 Å². The van der Waals surface area contributed by atoms with Gasteiger partial charge in [-0.25, -0.2) is 4.39 Å². The number of carbonyl (C=O) groups is 2. The summed E-state index contributed by atoms with van der Waals surface area (Å²) in [4.78, 5) is 24.6. The first-order valence-corrected chi connectivity index (χ1v) is 8.10. The third-order valence-corrected chi connectivity index (χ3v) is 5.22. The van der Waals surface area contributed by atoms with Crippen LogP contribution in [0.1, 0.15) is 37.2 Å². The highest BCUT2D eigenvalue weighted by Gasteiger charge is 2.42. The molecule has 0 bridgehead atoms. The molecule has 0 spiro atoms. The molecule has 1 aromatic carbocycles. The van der Waals surface area contributed by atoms with Crippen molar-refractivity contribution in [3.8, 4) is 0 Å². The zero-order valence-corrected chi connectivity index (χ0v) is 13.3. The third-order valence-electron chi connectivity index (χ3n) is 4.61. The van der Waals surface area contributed by atoms with Gasteiger partial charge in [-0.1, -0.05) is 6.07 Å². The lowest BCUT2D eigenvalue weighted by molar-refractivity contribution is -0.115. The van der Waals surface area contributed by atoms with Crippen LogP contribution in [0.2, 0.25) is 0 Å². The van der Waals surface area contributed by atoms with Crippen molar-refractivity contribution in [2.45, 2.75) is 31.6 Å². The van der Waals surface area contributed by atoms with Crippen molar-refractivity contribution < 1.29 is 14.0 Å². The quantitative estimate of drug-likeness (QED) is 0.832. The highest BCUT2D eigenvalue weighted by molar-refractivity contribution is 9.10. The number of rotatable bonds is 1. The fraction of sp³-hybridized carbons (Fsp3) is 0.294. The lowest BCUT2D eigenvalue weighted by atomic mass is 9.80. The molecule has 0 atom stereocenters. The lowest BCUT2D eigenvalue weighted by Crippen LogP contribution is -2.26. The molecule has 1 heterocycles. The summed E-state index contributed by atoms with van der Waals surface area (Å²) in [6.07, 6.45) is 2.34. The zero-order chi connectivity index (χ0) is 15.4. The van der Waals surface area contributed by atoms with E-state index in [1.807, 2.05) is 0 Å². The first kappa shape index (κ1) is 13.9. The minimum atomic E-state index is -0.354. The number of nitrogens with one attached hydrogen (secondary N) is 1. The van der Waals surface area contributed by atoms with Gasteiger partial charge in [-0.15, -0.1) is 0 Å². The Bertz CT molecular complexity index is 754. The molecule has 0 fully saturated rings. The number of hydrogen-bond donors (Lipinski definition) is 1. The van der Waals surface area contributed by atoms with E-state index in [0.717, 1.165) is 17.0 Å². The van der Waals surface area contributed by atoms with Crippen molar-refractivity contribution in [1.29, 1.82) is 0 Å². The minimum absolute atomic E-state index is 0.0826. The topological polar surface area (TPSA) is 46.2 Å². The predicted octanol–water partition coefficient (Wildman–Crippen LogP) is 3.51. The molecule has 22 heavy (non-hydrogen) atoms. The summed E-state index contributed by atoms with van der Waals surface area (Å²) in [5, 5.41) is 3.30. The average molecular weight is 362 g/mol. The molecule has 3 nitrogen and oxygen atoms in total. The Labute approximate surface area is 135 Å². The van der Waals surface area contributed by atoms with Gasteiger partial charge in [-0.2, -0.15) is 0 Å². The van der Waals surface area contributed by atoms with Crippen molar-refractivity contribution in [2.24, 2.45) is 0 Å². The molecular weight excluding hydrogens is 349 g/mol. The fourth-order valence-electron chi connectivity index (χ4n) is 3.63. The fourth-order valence-corrected chi connectivity index (χ4v) is 4.03. The van der Waals surface area contributed by atoms with Crippen LogP contribution < -0.4 is 5.32 Å². The first-order chi connectivity index (χ1) is 10.6. The number of hydrogen-bond acceptors (Lipinski definition) is 3. The molecule has 0 saturated heterocycles. The van der Waals surface area contributed by atoms with E-state index in [1.165, 1.54) is 6.07 Å². The Morgan fingerprint density at radius 1 is 1.00 bits per heavy atom. The summed E-state index contributed by atoms with van der Waals surface area (Å²) >= 11 is 3.20. The van der Waals surface area contributed by atoms with Gasteiger partial charge in [0.1, 0.15) is 5.82 Å². The van der Waals surface area contributed by atoms with Gasteiger partial charge in [0.2, 0.25) is 0 Å².